The molecule has 0 spiro atoms. The van der Waals surface area contributed by atoms with E-state index in [4.69, 9.17) is 11.6 Å². The predicted octanol–water partition coefficient (Wildman–Crippen LogP) is 1.41. The van der Waals surface area contributed by atoms with Crippen molar-refractivity contribution in [2.75, 3.05) is 20.1 Å². The third-order valence-corrected chi connectivity index (χ3v) is 3.16. The average molecular weight is 223 g/mol. The minimum atomic E-state index is 0.518. The van der Waals surface area contributed by atoms with E-state index < -0.39 is 0 Å². The van der Waals surface area contributed by atoms with Gasteiger partial charge in [0.1, 0.15) is 11.3 Å². The molecule has 1 fully saturated rings. The quantitative estimate of drug-likeness (QED) is 0.732. The molecular weight excluding hydrogens is 212 g/mol. The van der Waals surface area contributed by atoms with E-state index in [1.54, 1.807) is 12.4 Å². The summed E-state index contributed by atoms with van der Waals surface area (Å²) in [5, 5.41) is 0.518. The van der Waals surface area contributed by atoms with Crippen LogP contribution in [-0.2, 0) is 0 Å². The highest BCUT2D eigenvalue weighted by atomic mass is 35.5. The molecule has 4 nitrogen and oxygen atoms in total. The van der Waals surface area contributed by atoms with Crippen molar-refractivity contribution >= 4 is 17.1 Å². The number of rotatable bonds is 1. The number of likely N-dealkylation sites (tertiary alicyclic amines) is 1. The third kappa shape index (κ3) is 1.33. The summed E-state index contributed by atoms with van der Waals surface area (Å²) in [7, 11) is 2.11. The van der Waals surface area contributed by atoms with Gasteiger partial charge in [0, 0.05) is 31.4 Å². The van der Waals surface area contributed by atoms with Crippen molar-refractivity contribution in [3.8, 4) is 0 Å². The van der Waals surface area contributed by atoms with Crippen LogP contribution in [0.2, 0.25) is 5.15 Å². The number of nitrogens with zero attached hydrogens (tertiary/aromatic N) is 4. The van der Waals surface area contributed by atoms with Crippen LogP contribution in [-0.4, -0.2) is 39.4 Å². The molecule has 0 bridgehead atoms. The number of halogens is 1. The molecule has 3 heterocycles. The largest absolute Gasteiger partial charge is 0.305 e. The van der Waals surface area contributed by atoms with Crippen LogP contribution in [0.5, 0.6) is 0 Å². The molecule has 1 saturated heterocycles. The second kappa shape index (κ2) is 3.18. The molecule has 0 atom stereocenters. The summed E-state index contributed by atoms with van der Waals surface area (Å²) in [5.74, 6) is 1.61. The molecule has 1 aliphatic heterocycles. The number of fused-ring (bicyclic) bond motifs is 1. The summed E-state index contributed by atoms with van der Waals surface area (Å²) >= 11 is 5.98. The molecule has 2 aromatic heterocycles. The zero-order valence-corrected chi connectivity index (χ0v) is 9.15. The average Bonchev–Trinajstić information content (AvgIpc) is 2.58. The second-order valence-electron chi connectivity index (χ2n) is 4.01. The SMILES string of the molecule is CN1CC(c2ncc3c(Cl)nccn23)C1. The Morgan fingerprint density at radius 3 is 2.93 bits per heavy atom. The standard InChI is InChI=1S/C10H11ClN4/c1-14-5-7(6-14)10-13-4-8-9(11)12-2-3-15(8)10/h2-4,7H,5-6H2,1H3. The number of hydrogen-bond acceptors (Lipinski definition) is 3. The van der Waals surface area contributed by atoms with Gasteiger partial charge in [-0.2, -0.15) is 0 Å². The predicted molar refractivity (Wildman–Crippen MR) is 58.2 cm³/mol. The Morgan fingerprint density at radius 1 is 1.40 bits per heavy atom. The summed E-state index contributed by atoms with van der Waals surface area (Å²) in [6, 6.07) is 0. The fourth-order valence-electron chi connectivity index (χ4n) is 2.08. The Balaban J connectivity index is 2.09. The van der Waals surface area contributed by atoms with Crippen LogP contribution in [0.15, 0.2) is 18.6 Å². The van der Waals surface area contributed by atoms with Gasteiger partial charge in [-0.15, -0.1) is 0 Å². The van der Waals surface area contributed by atoms with Gasteiger partial charge in [0.15, 0.2) is 5.15 Å². The Morgan fingerprint density at radius 2 is 2.20 bits per heavy atom. The van der Waals surface area contributed by atoms with Gasteiger partial charge in [0.05, 0.1) is 6.20 Å². The molecule has 0 amide bonds. The highest BCUT2D eigenvalue weighted by Crippen LogP contribution is 2.26. The van der Waals surface area contributed by atoms with Crippen molar-refractivity contribution in [2.24, 2.45) is 0 Å². The lowest BCUT2D eigenvalue weighted by Gasteiger charge is -2.35. The minimum absolute atomic E-state index is 0.518. The van der Waals surface area contributed by atoms with E-state index in [1.807, 2.05) is 10.6 Å². The van der Waals surface area contributed by atoms with Gasteiger partial charge in [0.25, 0.3) is 0 Å². The highest BCUT2D eigenvalue weighted by Gasteiger charge is 2.28. The zero-order valence-electron chi connectivity index (χ0n) is 8.39. The Kier molecular flexibility index (Phi) is 1.94. The van der Waals surface area contributed by atoms with Gasteiger partial charge in [-0.3, -0.25) is 4.40 Å². The molecule has 0 N–H and O–H groups in total. The van der Waals surface area contributed by atoms with E-state index in [0.29, 0.717) is 11.1 Å². The van der Waals surface area contributed by atoms with Gasteiger partial charge >= 0.3 is 0 Å². The second-order valence-corrected chi connectivity index (χ2v) is 4.37. The topological polar surface area (TPSA) is 33.4 Å². The van der Waals surface area contributed by atoms with Crippen LogP contribution >= 0.6 is 11.6 Å². The van der Waals surface area contributed by atoms with E-state index in [-0.39, 0.29) is 0 Å². The molecule has 3 rings (SSSR count). The first-order valence-electron chi connectivity index (χ1n) is 4.91. The maximum absolute atomic E-state index is 5.98. The fourth-order valence-corrected chi connectivity index (χ4v) is 2.28. The van der Waals surface area contributed by atoms with E-state index in [1.165, 1.54) is 0 Å². The monoisotopic (exact) mass is 222 g/mol. The van der Waals surface area contributed by atoms with E-state index in [2.05, 4.69) is 21.9 Å². The lowest BCUT2D eigenvalue weighted by molar-refractivity contribution is 0.183. The smallest absolute Gasteiger partial charge is 0.154 e. The van der Waals surface area contributed by atoms with Crippen LogP contribution in [0.25, 0.3) is 5.52 Å². The van der Waals surface area contributed by atoms with Crippen LogP contribution in [0.3, 0.4) is 0 Å². The van der Waals surface area contributed by atoms with Gasteiger partial charge in [0.2, 0.25) is 0 Å². The Bertz CT molecular complexity index is 501. The molecule has 2 aromatic rings. The summed E-state index contributed by atoms with van der Waals surface area (Å²) in [5.41, 5.74) is 0.892. The molecule has 0 radical (unpaired) electrons. The molecule has 15 heavy (non-hydrogen) atoms. The first kappa shape index (κ1) is 9.12. The number of hydrogen-bond donors (Lipinski definition) is 0. The highest BCUT2D eigenvalue weighted by molar-refractivity contribution is 6.32. The molecule has 0 unspecified atom stereocenters. The minimum Gasteiger partial charge on any atom is -0.305 e. The van der Waals surface area contributed by atoms with Crippen molar-refractivity contribution in [3.05, 3.63) is 29.6 Å². The van der Waals surface area contributed by atoms with Crippen molar-refractivity contribution < 1.29 is 0 Å². The van der Waals surface area contributed by atoms with Gasteiger partial charge in [-0.1, -0.05) is 11.6 Å². The first-order chi connectivity index (χ1) is 7.25. The van der Waals surface area contributed by atoms with Gasteiger partial charge in [-0.25, -0.2) is 9.97 Å². The van der Waals surface area contributed by atoms with E-state index in [0.717, 1.165) is 24.4 Å². The van der Waals surface area contributed by atoms with Crippen molar-refractivity contribution in [3.63, 3.8) is 0 Å². The molecule has 1 aliphatic rings. The summed E-state index contributed by atoms with van der Waals surface area (Å²) in [6.45, 7) is 2.14. The van der Waals surface area contributed by atoms with Crippen molar-refractivity contribution in [1.29, 1.82) is 0 Å². The molecule has 0 saturated carbocycles. The zero-order chi connectivity index (χ0) is 10.4. The van der Waals surface area contributed by atoms with Crippen LogP contribution < -0.4 is 0 Å². The van der Waals surface area contributed by atoms with E-state index >= 15 is 0 Å². The number of imidazole rings is 1. The summed E-state index contributed by atoms with van der Waals surface area (Å²) < 4.78 is 2.03. The van der Waals surface area contributed by atoms with Crippen LogP contribution in [0.4, 0.5) is 0 Å². The fraction of sp³-hybridized carbons (Fsp3) is 0.400. The van der Waals surface area contributed by atoms with Crippen LogP contribution in [0.1, 0.15) is 11.7 Å². The van der Waals surface area contributed by atoms with Crippen molar-refractivity contribution in [2.45, 2.75) is 5.92 Å². The molecule has 0 aromatic carbocycles. The van der Waals surface area contributed by atoms with Crippen molar-refractivity contribution in [1.82, 2.24) is 19.3 Å². The lowest BCUT2D eigenvalue weighted by Crippen LogP contribution is -2.42. The lowest BCUT2D eigenvalue weighted by atomic mass is 10.0. The maximum atomic E-state index is 5.98. The molecule has 5 heteroatoms. The number of likely N-dealkylation sites (N-methyl/N-ethyl adjacent to an activating group) is 1. The van der Waals surface area contributed by atoms with Crippen LogP contribution in [0, 0.1) is 0 Å². The molecule has 78 valence electrons. The third-order valence-electron chi connectivity index (χ3n) is 2.87. The number of aromatic nitrogens is 3. The Labute approximate surface area is 92.5 Å². The first-order valence-corrected chi connectivity index (χ1v) is 5.29. The normalized spacial score (nSPS) is 18.3. The summed E-state index contributed by atoms with van der Waals surface area (Å²) in [4.78, 5) is 10.7. The molecular formula is C10H11ClN4. The van der Waals surface area contributed by atoms with Gasteiger partial charge < -0.3 is 4.90 Å². The Hall–Kier alpha value is -1.13. The summed E-state index contributed by atoms with van der Waals surface area (Å²) in [6.07, 6.45) is 5.42. The maximum Gasteiger partial charge on any atom is 0.154 e. The molecule has 0 aliphatic carbocycles. The van der Waals surface area contributed by atoms with E-state index in [9.17, 15) is 0 Å². The van der Waals surface area contributed by atoms with Gasteiger partial charge in [-0.05, 0) is 7.05 Å².